The number of aliphatic carboxylic acids is 1. The Hall–Kier alpha value is -2.58. The smallest absolute Gasteiger partial charge is 0.306 e. The van der Waals surface area contributed by atoms with Gasteiger partial charge < -0.3 is 29.5 Å². The molecule has 6 aliphatic rings. The second-order valence-electron chi connectivity index (χ2n) is 16.7. The number of rotatable bonds is 11. The molecular formula is C38H54O8. The average molecular weight is 639 g/mol. The molecule has 46 heavy (non-hydrogen) atoms. The Bertz CT molecular complexity index is 1440. The predicted molar refractivity (Wildman–Crippen MR) is 175 cm³/mol. The molecule has 1 aromatic carbocycles. The summed E-state index contributed by atoms with van der Waals surface area (Å²) in [5.41, 5.74) is -2.25. The molecule has 1 aromatic rings. The van der Waals surface area contributed by atoms with Crippen LogP contribution in [0.25, 0.3) is 6.08 Å². The number of carboxylic acids is 1. The molecule has 4 fully saturated rings. The number of hydrogen-bond donors (Lipinski definition) is 3. The minimum absolute atomic E-state index is 0.110. The Kier molecular flexibility index (Phi) is 8.15. The zero-order valence-electron chi connectivity index (χ0n) is 28.9. The fourth-order valence-electron chi connectivity index (χ4n) is 9.62. The molecule has 0 aromatic heterocycles. The minimum Gasteiger partial charge on any atom is -0.506 e. The number of ether oxygens (including phenoxy) is 3. The Morgan fingerprint density at radius 1 is 0.978 bits per heavy atom. The lowest BCUT2D eigenvalue weighted by Gasteiger charge is -2.63. The Balaban J connectivity index is 1.52. The van der Waals surface area contributed by atoms with Gasteiger partial charge in [-0.3, -0.25) is 9.59 Å². The molecule has 3 saturated carbocycles. The van der Waals surface area contributed by atoms with E-state index in [1.165, 1.54) is 0 Å². The summed E-state index contributed by atoms with van der Waals surface area (Å²) >= 11 is 0. The number of phenolic OH excluding ortho intramolecular Hbond substituents is 1. The van der Waals surface area contributed by atoms with Crippen molar-refractivity contribution in [3.63, 3.8) is 0 Å². The van der Waals surface area contributed by atoms with E-state index in [1.54, 1.807) is 6.92 Å². The monoisotopic (exact) mass is 638 g/mol. The van der Waals surface area contributed by atoms with Gasteiger partial charge in [0.1, 0.15) is 34.0 Å². The molecule has 3 heterocycles. The predicted octanol–water partition coefficient (Wildman–Crippen LogP) is 7.35. The maximum absolute atomic E-state index is 14.9. The third kappa shape index (κ3) is 4.83. The van der Waals surface area contributed by atoms with Crippen molar-refractivity contribution in [2.75, 3.05) is 0 Å². The normalized spacial score (nSPS) is 35.4. The molecule has 8 atom stereocenters. The van der Waals surface area contributed by atoms with Gasteiger partial charge in [0.25, 0.3) is 0 Å². The largest absolute Gasteiger partial charge is 0.506 e. The minimum atomic E-state index is -1.27. The number of aliphatic hydroxyl groups excluding tert-OH is 1. The van der Waals surface area contributed by atoms with Gasteiger partial charge in [-0.15, -0.1) is 0 Å². The van der Waals surface area contributed by atoms with Crippen molar-refractivity contribution in [3.8, 4) is 17.2 Å². The Morgan fingerprint density at radius 3 is 2.33 bits per heavy atom. The number of benzene rings is 1. The van der Waals surface area contributed by atoms with E-state index in [2.05, 4.69) is 34.6 Å². The second-order valence-corrected chi connectivity index (χ2v) is 16.7. The van der Waals surface area contributed by atoms with Crippen LogP contribution in [0.3, 0.4) is 0 Å². The summed E-state index contributed by atoms with van der Waals surface area (Å²) in [4.78, 5) is 26.8. The van der Waals surface area contributed by atoms with Gasteiger partial charge in [0.05, 0.1) is 29.1 Å². The van der Waals surface area contributed by atoms with E-state index < -0.39 is 46.3 Å². The van der Waals surface area contributed by atoms with Crippen molar-refractivity contribution in [2.24, 2.45) is 35.5 Å². The molecule has 0 amide bonds. The first-order valence-corrected chi connectivity index (χ1v) is 17.6. The van der Waals surface area contributed by atoms with E-state index in [-0.39, 0.29) is 41.8 Å². The van der Waals surface area contributed by atoms with Gasteiger partial charge in [-0.05, 0) is 102 Å². The first-order chi connectivity index (χ1) is 21.5. The van der Waals surface area contributed by atoms with Crippen LogP contribution in [0.2, 0.25) is 0 Å². The highest BCUT2D eigenvalue weighted by Crippen LogP contribution is 2.71. The lowest BCUT2D eigenvalue weighted by Crippen LogP contribution is -2.77. The number of fused-ring (bicyclic) bond motifs is 2. The first kappa shape index (κ1) is 33.3. The van der Waals surface area contributed by atoms with Crippen molar-refractivity contribution in [1.29, 1.82) is 0 Å². The second kappa shape index (κ2) is 11.3. The number of phenols is 1. The third-order valence-electron chi connectivity index (χ3n) is 12.1. The molecule has 254 valence electrons. The molecule has 7 rings (SSSR count). The summed E-state index contributed by atoms with van der Waals surface area (Å²) in [5.74, 6) is -0.997. The first-order valence-electron chi connectivity index (χ1n) is 17.6. The number of carboxylic acid groups (broad SMARTS) is 1. The van der Waals surface area contributed by atoms with Crippen LogP contribution in [0.4, 0.5) is 0 Å². The summed E-state index contributed by atoms with van der Waals surface area (Å²) in [6, 6.07) is 0. The highest BCUT2D eigenvalue weighted by atomic mass is 16.6. The van der Waals surface area contributed by atoms with Crippen LogP contribution in [0, 0.1) is 35.5 Å². The molecular weight excluding hydrogens is 584 g/mol. The van der Waals surface area contributed by atoms with Gasteiger partial charge in [-0.2, -0.15) is 0 Å². The van der Waals surface area contributed by atoms with E-state index in [4.69, 9.17) is 14.2 Å². The average Bonchev–Trinajstić information content (AvgIpc) is 3.12. The van der Waals surface area contributed by atoms with E-state index in [1.807, 2.05) is 26.0 Å². The highest BCUT2D eigenvalue weighted by molar-refractivity contribution is 6.07. The molecule has 1 saturated heterocycles. The molecule has 1 spiro atoms. The fraction of sp³-hybridized carbons (Fsp3) is 0.737. The number of carbonyl (C=O) groups is 2. The quantitative estimate of drug-likeness (QED) is 0.230. The molecule has 3 aliphatic carbocycles. The van der Waals surface area contributed by atoms with Crippen LogP contribution in [0.1, 0.15) is 128 Å². The van der Waals surface area contributed by atoms with Crippen LogP contribution in [0.5, 0.6) is 17.2 Å². The summed E-state index contributed by atoms with van der Waals surface area (Å²) in [6.07, 6.45) is 8.94. The van der Waals surface area contributed by atoms with Gasteiger partial charge >= 0.3 is 5.97 Å². The maximum Gasteiger partial charge on any atom is 0.306 e. The van der Waals surface area contributed by atoms with Crippen LogP contribution in [-0.2, 0) is 16.0 Å². The van der Waals surface area contributed by atoms with Crippen molar-refractivity contribution in [1.82, 2.24) is 0 Å². The maximum atomic E-state index is 14.9. The number of hydrogen-bond acceptors (Lipinski definition) is 7. The molecule has 8 heteroatoms. The molecule has 0 radical (unpaired) electrons. The number of carbonyl (C=O) groups excluding carboxylic acids is 1. The van der Waals surface area contributed by atoms with Gasteiger partial charge in [0.2, 0.25) is 0 Å². The van der Waals surface area contributed by atoms with E-state index in [0.29, 0.717) is 48.2 Å². The number of aromatic hydroxyl groups is 1. The van der Waals surface area contributed by atoms with Crippen LogP contribution in [0.15, 0.2) is 6.08 Å². The molecule has 3 N–H and O–H groups in total. The van der Waals surface area contributed by atoms with Gasteiger partial charge in [-0.1, -0.05) is 41.0 Å². The van der Waals surface area contributed by atoms with E-state index >= 15 is 0 Å². The standard InChI is InChI=1S/C38H54O8/c1-20(2)10-9-15-36(8)16-14-24-29(39)28-30(40)26-18-23-19-27-35(6,7)46-37(33(23)41,17-13-22(5)34(42)43)38(26,27)45-32(28)25(31(24)44-36)12-11-21(3)4/h14,16,20-23,26-27,33,39,41H,9-13,15,17-19H2,1-8H3,(H,42,43)/t22-,23+,26+,27-,33-,36-,37-,38-/m1/s1. The summed E-state index contributed by atoms with van der Waals surface area (Å²) in [5, 5.41) is 33.6. The van der Waals surface area contributed by atoms with E-state index in [0.717, 1.165) is 31.2 Å². The lowest BCUT2D eigenvalue weighted by molar-refractivity contribution is -0.259. The molecule has 0 unspecified atom stereocenters. The summed E-state index contributed by atoms with van der Waals surface area (Å²) < 4.78 is 21.1. The number of Topliss-reactive ketones (excluding diaryl/α,β-unsaturated/α-hetero) is 1. The SMILES string of the molecule is CC(C)CCC[C@]1(C)C=Cc2c(O)c3c(c(CCC(C)C)c2O1)O[C@@]12[C@@H]4C[C@H](C[C@H]1C3=O)[C@@H](O)[C@@]2(CC[C@@H](C)C(=O)O)OC4(C)C. The van der Waals surface area contributed by atoms with Crippen molar-refractivity contribution >= 4 is 17.8 Å². The Morgan fingerprint density at radius 2 is 1.67 bits per heavy atom. The van der Waals surface area contributed by atoms with Crippen LogP contribution < -0.4 is 9.47 Å². The lowest BCUT2D eigenvalue weighted by atomic mass is 9.46. The molecule has 3 aliphatic heterocycles. The van der Waals surface area contributed by atoms with Gasteiger partial charge in [0, 0.05) is 11.5 Å². The summed E-state index contributed by atoms with van der Waals surface area (Å²) in [6.45, 7) is 16.5. The fourth-order valence-corrected chi connectivity index (χ4v) is 9.62. The van der Waals surface area contributed by atoms with Crippen LogP contribution in [-0.4, -0.2) is 55.6 Å². The van der Waals surface area contributed by atoms with Crippen molar-refractivity contribution < 1.29 is 39.1 Å². The highest BCUT2D eigenvalue weighted by Gasteiger charge is 2.83. The van der Waals surface area contributed by atoms with Crippen LogP contribution >= 0.6 is 0 Å². The third-order valence-corrected chi connectivity index (χ3v) is 12.1. The summed E-state index contributed by atoms with van der Waals surface area (Å²) in [7, 11) is 0. The Labute approximate surface area is 273 Å². The van der Waals surface area contributed by atoms with Gasteiger partial charge in [0.15, 0.2) is 11.4 Å². The molecule has 8 nitrogen and oxygen atoms in total. The van der Waals surface area contributed by atoms with Gasteiger partial charge in [-0.25, -0.2) is 0 Å². The zero-order valence-corrected chi connectivity index (χ0v) is 28.9. The molecule has 4 bridgehead atoms. The number of aliphatic hydroxyl groups is 1. The van der Waals surface area contributed by atoms with Crippen molar-refractivity contribution in [2.45, 2.75) is 142 Å². The topological polar surface area (TPSA) is 123 Å². The van der Waals surface area contributed by atoms with Crippen molar-refractivity contribution in [3.05, 3.63) is 22.8 Å². The zero-order chi connectivity index (χ0) is 33.6. The number of ketones is 1. The van der Waals surface area contributed by atoms with E-state index in [9.17, 15) is 24.9 Å².